The van der Waals surface area contributed by atoms with E-state index in [9.17, 15) is 1.37 Å². The van der Waals surface area contributed by atoms with E-state index in [0.717, 1.165) is 44.2 Å². The highest BCUT2D eigenvalue weighted by Gasteiger charge is 2.18. The van der Waals surface area contributed by atoms with E-state index in [4.69, 9.17) is 27.6 Å². The minimum absolute atomic E-state index is 0.00148. The zero-order valence-corrected chi connectivity index (χ0v) is 30.3. The van der Waals surface area contributed by atoms with Gasteiger partial charge in [0.2, 0.25) is 0 Å². The summed E-state index contributed by atoms with van der Waals surface area (Å²) in [4.78, 5) is 14.9. The molecule has 0 spiro atoms. The van der Waals surface area contributed by atoms with Crippen LogP contribution in [0.3, 0.4) is 0 Å². The molecule has 4 heteroatoms. The highest BCUT2D eigenvalue weighted by molar-refractivity contribution is 6.11. The van der Waals surface area contributed by atoms with E-state index in [2.05, 4.69) is 84.9 Å². The second-order valence-electron chi connectivity index (χ2n) is 13.9. The van der Waals surface area contributed by atoms with Crippen LogP contribution >= 0.6 is 0 Å². The number of hydrogen-bond donors (Lipinski definition) is 0. The lowest BCUT2D eigenvalue weighted by molar-refractivity contribution is 0.669. The van der Waals surface area contributed by atoms with E-state index in [1.165, 1.54) is 10.8 Å². The number of rotatable bonds is 6. The first-order valence-corrected chi connectivity index (χ1v) is 18.6. The predicted octanol–water partition coefficient (Wildman–Crippen LogP) is 14.1. The number of aromatic nitrogens is 3. The van der Waals surface area contributed by atoms with Crippen LogP contribution in [-0.4, -0.2) is 15.0 Å². The van der Waals surface area contributed by atoms with Crippen molar-refractivity contribution in [1.82, 2.24) is 15.0 Å². The van der Waals surface area contributed by atoms with Crippen LogP contribution in [-0.2, 0) is 0 Å². The average molecular weight is 735 g/mol. The molecule has 57 heavy (non-hydrogen) atoms. The van der Waals surface area contributed by atoms with Gasteiger partial charge in [0.05, 0.1) is 9.60 Å². The van der Waals surface area contributed by atoms with Crippen molar-refractivity contribution in [2.24, 2.45) is 0 Å². The molecular weight excluding hydrogens is 695 g/mol. The standard InChI is InChI=1S/C53H33N3O/c1-2-10-34(11-3-1)40-26-27-43-33-45(29-28-42(43)31-40)52-54-51(55-53(56-52)47-17-9-19-49-50(47)46-16-6-7-18-48(46)57-49)44-15-8-14-39(32-44)36-20-22-37(23-21-36)41-25-24-35-12-4-5-13-38(35)30-41/h1-33H/i6D,7D,9D,16D,17D,18D,19D. The average Bonchev–Trinajstić information content (AvgIpc) is 3.75. The quantitative estimate of drug-likeness (QED) is 0.171. The van der Waals surface area contributed by atoms with E-state index in [0.29, 0.717) is 11.1 Å². The Morgan fingerprint density at radius 1 is 0.351 bits per heavy atom. The summed E-state index contributed by atoms with van der Waals surface area (Å²) in [5.74, 6) is 0.545. The lowest BCUT2D eigenvalue weighted by atomic mass is 9.97. The van der Waals surface area contributed by atoms with Crippen molar-refractivity contribution in [2.45, 2.75) is 0 Å². The highest BCUT2D eigenvalue weighted by atomic mass is 16.3. The Balaban J connectivity index is 1.09. The van der Waals surface area contributed by atoms with Gasteiger partial charge >= 0.3 is 0 Å². The smallest absolute Gasteiger partial charge is 0.164 e. The molecule has 0 saturated heterocycles. The van der Waals surface area contributed by atoms with E-state index in [-0.39, 0.29) is 51.0 Å². The van der Waals surface area contributed by atoms with Crippen molar-refractivity contribution in [1.29, 1.82) is 0 Å². The van der Waals surface area contributed by atoms with E-state index < -0.39 is 36.3 Å². The molecular formula is C53H33N3O. The van der Waals surface area contributed by atoms with Gasteiger partial charge in [-0.1, -0.05) is 164 Å². The summed E-state index contributed by atoms with van der Waals surface area (Å²) >= 11 is 0. The second-order valence-corrected chi connectivity index (χ2v) is 13.9. The molecule has 0 fully saturated rings. The fourth-order valence-electron chi connectivity index (χ4n) is 7.53. The minimum Gasteiger partial charge on any atom is -0.456 e. The van der Waals surface area contributed by atoms with Gasteiger partial charge in [-0.2, -0.15) is 0 Å². The maximum Gasteiger partial charge on any atom is 0.164 e. The largest absolute Gasteiger partial charge is 0.456 e. The third-order valence-corrected chi connectivity index (χ3v) is 10.4. The molecule has 2 aromatic heterocycles. The van der Waals surface area contributed by atoms with Crippen LogP contribution in [0.1, 0.15) is 9.60 Å². The zero-order valence-electron chi connectivity index (χ0n) is 37.3. The SMILES string of the molecule is [2H]c1c([2H])c([2H])c2c(oc3c([2H])c([2H])c([2H])c(-c4nc(-c5cccc(-c6ccc(-c7ccc8ccccc8c7)cc6)c5)nc(-c5ccc6cc(-c7ccccc7)ccc6c5)n4)c32)c1[2H]. The predicted molar refractivity (Wildman–Crippen MR) is 235 cm³/mol. The molecule has 4 nitrogen and oxygen atoms in total. The van der Waals surface area contributed by atoms with Gasteiger partial charge in [-0.3, -0.25) is 0 Å². The van der Waals surface area contributed by atoms with E-state index in [1.54, 1.807) is 0 Å². The van der Waals surface area contributed by atoms with Gasteiger partial charge in [0.1, 0.15) is 11.2 Å². The lowest BCUT2D eigenvalue weighted by Crippen LogP contribution is -2.00. The summed E-state index contributed by atoms with van der Waals surface area (Å²) in [6.07, 6.45) is 0. The summed E-state index contributed by atoms with van der Waals surface area (Å²) in [6.45, 7) is 0. The van der Waals surface area contributed by atoms with Gasteiger partial charge in [-0.15, -0.1) is 0 Å². The Morgan fingerprint density at radius 3 is 1.60 bits per heavy atom. The molecule has 0 atom stereocenters. The number of para-hydroxylation sites is 1. The zero-order chi connectivity index (χ0) is 43.8. The highest BCUT2D eigenvalue weighted by Crippen LogP contribution is 2.37. The Labute approximate surface area is 339 Å². The Bertz CT molecular complexity index is 3700. The fourth-order valence-corrected chi connectivity index (χ4v) is 7.53. The maximum absolute atomic E-state index is 9.26. The molecule has 0 aliphatic carbocycles. The molecule has 266 valence electrons. The monoisotopic (exact) mass is 734 g/mol. The van der Waals surface area contributed by atoms with Gasteiger partial charge in [0, 0.05) is 27.5 Å². The normalized spacial score (nSPS) is 13.2. The van der Waals surface area contributed by atoms with Crippen LogP contribution in [0, 0.1) is 0 Å². The molecule has 11 aromatic rings. The third kappa shape index (κ3) is 6.01. The van der Waals surface area contributed by atoms with Crippen LogP contribution in [0.2, 0.25) is 0 Å². The van der Waals surface area contributed by atoms with Crippen LogP contribution in [0.15, 0.2) is 204 Å². The molecule has 0 saturated carbocycles. The summed E-state index contributed by atoms with van der Waals surface area (Å²) < 4.78 is 67.2. The third-order valence-electron chi connectivity index (χ3n) is 10.4. The molecule has 0 bridgehead atoms. The van der Waals surface area contributed by atoms with Crippen molar-refractivity contribution in [3.63, 3.8) is 0 Å². The summed E-state index contributed by atoms with van der Waals surface area (Å²) in [5.41, 5.74) is 7.25. The van der Waals surface area contributed by atoms with Gasteiger partial charge < -0.3 is 4.42 Å². The number of hydrogen-bond acceptors (Lipinski definition) is 4. The van der Waals surface area contributed by atoms with Gasteiger partial charge in [0.25, 0.3) is 0 Å². The molecule has 0 radical (unpaired) electrons. The Kier molecular flexibility index (Phi) is 6.22. The summed E-state index contributed by atoms with van der Waals surface area (Å²) in [5, 5.41) is 4.36. The molecule has 9 aromatic carbocycles. The van der Waals surface area contributed by atoms with E-state index in [1.807, 2.05) is 72.8 Å². The molecule has 0 aliphatic heterocycles. The lowest BCUT2D eigenvalue weighted by Gasteiger charge is -2.11. The first-order valence-electron chi connectivity index (χ1n) is 22.1. The van der Waals surface area contributed by atoms with Crippen LogP contribution in [0.25, 0.3) is 111 Å². The molecule has 0 unspecified atom stereocenters. The van der Waals surface area contributed by atoms with Crippen molar-refractivity contribution < 1.29 is 14.0 Å². The maximum atomic E-state index is 9.26. The molecule has 0 aliphatic rings. The van der Waals surface area contributed by atoms with Crippen molar-refractivity contribution in [2.75, 3.05) is 0 Å². The summed E-state index contributed by atoms with van der Waals surface area (Å²) in [6, 6.07) is 50.2. The van der Waals surface area contributed by atoms with Crippen molar-refractivity contribution in [3.05, 3.63) is 200 Å². The van der Waals surface area contributed by atoms with Gasteiger partial charge in [-0.05, 0) is 91.3 Å². The molecule has 0 N–H and O–H groups in total. The molecule has 2 heterocycles. The second kappa shape index (κ2) is 13.6. The first-order chi connectivity index (χ1) is 31.1. The summed E-state index contributed by atoms with van der Waals surface area (Å²) in [7, 11) is 0. The topological polar surface area (TPSA) is 51.8 Å². The van der Waals surface area contributed by atoms with Crippen LogP contribution in [0.5, 0.6) is 0 Å². The van der Waals surface area contributed by atoms with Crippen LogP contribution < -0.4 is 0 Å². The van der Waals surface area contributed by atoms with Crippen molar-refractivity contribution in [3.8, 4) is 67.5 Å². The number of furan rings is 1. The minimum atomic E-state index is -0.498. The number of fused-ring (bicyclic) bond motifs is 5. The molecule has 0 amide bonds. The number of nitrogens with zero attached hydrogens (tertiary/aromatic N) is 3. The fraction of sp³-hybridized carbons (Fsp3) is 0. The van der Waals surface area contributed by atoms with Crippen LogP contribution in [0.4, 0.5) is 0 Å². The Hall–Kier alpha value is -7.69. The first kappa shape index (κ1) is 26.2. The van der Waals surface area contributed by atoms with Gasteiger partial charge in [-0.25, -0.2) is 15.0 Å². The Morgan fingerprint density at radius 2 is 0.842 bits per heavy atom. The van der Waals surface area contributed by atoms with Gasteiger partial charge in [0.15, 0.2) is 17.5 Å². The number of benzene rings is 9. The van der Waals surface area contributed by atoms with E-state index >= 15 is 0 Å². The molecule has 11 rings (SSSR count). The van der Waals surface area contributed by atoms with Crippen molar-refractivity contribution >= 4 is 43.5 Å².